The summed E-state index contributed by atoms with van der Waals surface area (Å²) in [6.45, 7) is 0.290. The van der Waals surface area contributed by atoms with Gasteiger partial charge in [-0.25, -0.2) is 4.98 Å². The summed E-state index contributed by atoms with van der Waals surface area (Å²) in [5.74, 6) is 0. The van der Waals surface area contributed by atoms with Crippen LogP contribution in [0.5, 0.6) is 0 Å². The fraction of sp³-hybridized carbons (Fsp3) is 0.0667. The van der Waals surface area contributed by atoms with Crippen molar-refractivity contribution >= 4 is 28.2 Å². The van der Waals surface area contributed by atoms with Crippen molar-refractivity contribution in [2.45, 2.75) is 6.54 Å². The second-order valence-electron chi connectivity index (χ2n) is 4.73. The predicted molar refractivity (Wildman–Crippen MR) is 83.2 cm³/mol. The van der Waals surface area contributed by atoms with E-state index in [1.54, 1.807) is 6.07 Å². The molecule has 1 heterocycles. The first-order valence-corrected chi connectivity index (χ1v) is 6.81. The minimum Gasteiger partial charge on any atom is -0.294 e. The van der Waals surface area contributed by atoms with E-state index in [1.807, 2.05) is 18.2 Å². The highest BCUT2D eigenvalue weighted by atomic mass is 35.5. The maximum atomic E-state index is 12.4. The lowest BCUT2D eigenvalue weighted by molar-refractivity contribution is -0.384. The smallest absolute Gasteiger partial charge is 0.271 e. The van der Waals surface area contributed by atoms with E-state index in [0.717, 1.165) is 5.56 Å². The molecule has 110 valence electrons. The number of hydrogen-bond donors (Lipinski definition) is 0. The quantitative estimate of drug-likeness (QED) is 0.550. The molecular formula is C15H10ClN3O3. The Morgan fingerprint density at radius 1 is 1.23 bits per heavy atom. The van der Waals surface area contributed by atoms with Gasteiger partial charge >= 0.3 is 0 Å². The van der Waals surface area contributed by atoms with Crippen LogP contribution in [0.3, 0.4) is 0 Å². The van der Waals surface area contributed by atoms with Crippen LogP contribution in [-0.4, -0.2) is 14.5 Å². The fourth-order valence-electron chi connectivity index (χ4n) is 2.18. The number of nitro groups is 1. The minimum atomic E-state index is -0.517. The van der Waals surface area contributed by atoms with Crippen LogP contribution in [0.2, 0.25) is 5.02 Å². The number of fused-ring (bicyclic) bond motifs is 1. The lowest BCUT2D eigenvalue weighted by Gasteiger charge is -2.08. The van der Waals surface area contributed by atoms with Gasteiger partial charge in [0.15, 0.2) is 0 Å². The molecular weight excluding hydrogens is 306 g/mol. The molecule has 2 aromatic carbocycles. The molecule has 3 aromatic rings. The molecule has 0 aliphatic rings. The summed E-state index contributed by atoms with van der Waals surface area (Å²) in [6, 6.07) is 11.2. The topological polar surface area (TPSA) is 78.0 Å². The number of benzene rings is 2. The molecule has 0 spiro atoms. The van der Waals surface area contributed by atoms with Crippen molar-refractivity contribution in [3.63, 3.8) is 0 Å². The van der Waals surface area contributed by atoms with E-state index in [9.17, 15) is 14.9 Å². The zero-order valence-corrected chi connectivity index (χ0v) is 12.0. The van der Waals surface area contributed by atoms with Gasteiger partial charge < -0.3 is 0 Å². The van der Waals surface area contributed by atoms with Crippen molar-refractivity contribution in [1.82, 2.24) is 9.55 Å². The third-order valence-electron chi connectivity index (χ3n) is 3.32. The number of nitro benzene ring substituents is 1. The van der Waals surface area contributed by atoms with E-state index in [4.69, 9.17) is 11.6 Å². The maximum absolute atomic E-state index is 12.4. The van der Waals surface area contributed by atoms with Crippen molar-refractivity contribution in [1.29, 1.82) is 0 Å². The van der Waals surface area contributed by atoms with E-state index in [-0.39, 0.29) is 11.2 Å². The lowest BCUT2D eigenvalue weighted by Crippen LogP contribution is -2.21. The van der Waals surface area contributed by atoms with Crippen LogP contribution < -0.4 is 5.56 Å². The molecule has 0 radical (unpaired) electrons. The second-order valence-corrected chi connectivity index (χ2v) is 5.13. The van der Waals surface area contributed by atoms with Gasteiger partial charge in [0.05, 0.1) is 28.7 Å². The number of rotatable bonds is 3. The summed E-state index contributed by atoms with van der Waals surface area (Å²) in [5.41, 5.74) is 0.743. The average molecular weight is 316 g/mol. The number of aromatic nitrogens is 2. The van der Waals surface area contributed by atoms with Crippen LogP contribution in [0, 0.1) is 10.1 Å². The van der Waals surface area contributed by atoms with E-state index in [2.05, 4.69) is 4.98 Å². The molecule has 0 saturated heterocycles. The van der Waals surface area contributed by atoms with Crippen LogP contribution >= 0.6 is 11.6 Å². The summed E-state index contributed by atoms with van der Waals surface area (Å²) in [7, 11) is 0. The van der Waals surface area contributed by atoms with Gasteiger partial charge in [0.25, 0.3) is 11.2 Å². The molecule has 0 bridgehead atoms. The summed E-state index contributed by atoms with van der Waals surface area (Å²) in [5, 5.41) is 11.7. The Hall–Kier alpha value is -2.73. The predicted octanol–water partition coefficient (Wildman–Crippen LogP) is 3.01. The van der Waals surface area contributed by atoms with Gasteiger partial charge in [-0.15, -0.1) is 0 Å². The third-order valence-corrected chi connectivity index (χ3v) is 3.69. The zero-order chi connectivity index (χ0) is 15.7. The summed E-state index contributed by atoms with van der Waals surface area (Å²) in [6.07, 6.45) is 1.37. The SMILES string of the molecule is O=c1c2ccc([N+](=O)[O-])cc2ncn1Cc1ccccc1Cl. The normalized spacial score (nSPS) is 10.8. The lowest BCUT2D eigenvalue weighted by atomic mass is 10.2. The van der Waals surface area contributed by atoms with Gasteiger partial charge in [-0.1, -0.05) is 29.8 Å². The molecule has 0 fully saturated rings. The first-order chi connectivity index (χ1) is 10.6. The number of hydrogen-bond acceptors (Lipinski definition) is 4. The molecule has 3 rings (SSSR count). The molecule has 0 aliphatic heterocycles. The largest absolute Gasteiger partial charge is 0.294 e. The molecule has 0 saturated carbocycles. The van der Waals surface area contributed by atoms with E-state index >= 15 is 0 Å². The number of non-ortho nitro benzene ring substituents is 1. The molecule has 6 nitrogen and oxygen atoms in total. The minimum absolute atomic E-state index is 0.0942. The highest BCUT2D eigenvalue weighted by Crippen LogP contribution is 2.18. The van der Waals surface area contributed by atoms with E-state index in [1.165, 1.54) is 29.1 Å². The Morgan fingerprint density at radius 3 is 2.73 bits per heavy atom. The van der Waals surface area contributed by atoms with Crippen molar-refractivity contribution in [2.75, 3.05) is 0 Å². The van der Waals surface area contributed by atoms with Crippen molar-refractivity contribution in [3.05, 3.63) is 79.8 Å². The Bertz CT molecular complexity index is 937. The molecule has 7 heteroatoms. The van der Waals surface area contributed by atoms with Gasteiger partial charge in [-0.2, -0.15) is 0 Å². The van der Waals surface area contributed by atoms with Gasteiger partial charge in [-0.3, -0.25) is 19.5 Å². The Labute approximate surface area is 129 Å². The Kier molecular flexibility index (Phi) is 3.60. The van der Waals surface area contributed by atoms with Gasteiger partial charge in [-0.05, 0) is 17.7 Å². The number of nitrogens with zero attached hydrogens (tertiary/aromatic N) is 3. The third kappa shape index (κ3) is 2.56. The van der Waals surface area contributed by atoms with Crippen LogP contribution in [0.4, 0.5) is 5.69 Å². The van der Waals surface area contributed by atoms with Crippen LogP contribution in [-0.2, 0) is 6.54 Å². The molecule has 1 aromatic heterocycles. The molecule has 0 aliphatic carbocycles. The van der Waals surface area contributed by atoms with Crippen LogP contribution in [0.1, 0.15) is 5.56 Å². The van der Waals surface area contributed by atoms with Crippen LogP contribution in [0.15, 0.2) is 53.6 Å². The molecule has 22 heavy (non-hydrogen) atoms. The number of halogens is 1. The Morgan fingerprint density at radius 2 is 2.00 bits per heavy atom. The molecule has 0 atom stereocenters. The van der Waals surface area contributed by atoms with Crippen molar-refractivity contribution in [2.24, 2.45) is 0 Å². The second kappa shape index (κ2) is 5.57. The monoisotopic (exact) mass is 315 g/mol. The van der Waals surface area contributed by atoms with Crippen molar-refractivity contribution < 1.29 is 4.92 Å². The molecule has 0 N–H and O–H groups in total. The van der Waals surface area contributed by atoms with E-state index < -0.39 is 4.92 Å². The molecule has 0 amide bonds. The first-order valence-electron chi connectivity index (χ1n) is 6.43. The highest BCUT2D eigenvalue weighted by molar-refractivity contribution is 6.31. The fourth-order valence-corrected chi connectivity index (χ4v) is 2.38. The summed E-state index contributed by atoms with van der Waals surface area (Å²) in [4.78, 5) is 26.8. The molecule has 0 unspecified atom stereocenters. The van der Waals surface area contributed by atoms with E-state index in [0.29, 0.717) is 22.5 Å². The van der Waals surface area contributed by atoms with Gasteiger partial charge in [0.1, 0.15) is 0 Å². The highest BCUT2D eigenvalue weighted by Gasteiger charge is 2.11. The standard InChI is InChI=1S/C15H10ClN3O3/c16-13-4-2-1-3-10(13)8-18-9-17-14-7-11(19(21)22)5-6-12(14)15(18)20/h1-7,9H,8H2. The van der Waals surface area contributed by atoms with Gasteiger partial charge in [0, 0.05) is 17.2 Å². The first kappa shape index (κ1) is 14.2. The zero-order valence-electron chi connectivity index (χ0n) is 11.3. The average Bonchev–Trinajstić information content (AvgIpc) is 2.51. The summed E-state index contributed by atoms with van der Waals surface area (Å²) < 4.78 is 1.43. The van der Waals surface area contributed by atoms with Gasteiger partial charge in [0.2, 0.25) is 0 Å². The van der Waals surface area contributed by atoms with Crippen LogP contribution in [0.25, 0.3) is 10.9 Å². The van der Waals surface area contributed by atoms with Crippen molar-refractivity contribution in [3.8, 4) is 0 Å². The summed E-state index contributed by atoms with van der Waals surface area (Å²) >= 11 is 6.09. The maximum Gasteiger partial charge on any atom is 0.271 e. The Balaban J connectivity index is 2.07.